The second-order valence-corrected chi connectivity index (χ2v) is 8.43. The van der Waals surface area contributed by atoms with Crippen LogP contribution in [-0.2, 0) is 4.79 Å². The Hall–Kier alpha value is -1.59. The van der Waals surface area contributed by atoms with Crippen molar-refractivity contribution in [3.05, 3.63) is 28.8 Å². The zero-order valence-corrected chi connectivity index (χ0v) is 16.2. The average molecular weight is 378 g/mol. The molecule has 5 nitrogen and oxygen atoms in total. The molecule has 2 bridgehead atoms. The Balaban J connectivity index is 1.74. The number of hydrogen-bond acceptors (Lipinski definition) is 3. The predicted octanol–water partition coefficient (Wildman–Crippen LogP) is 3.57. The van der Waals surface area contributed by atoms with Gasteiger partial charge in [0.2, 0.25) is 5.91 Å². The molecule has 2 amide bonds. The van der Waals surface area contributed by atoms with E-state index >= 15 is 0 Å². The van der Waals surface area contributed by atoms with Crippen LogP contribution in [0.1, 0.15) is 56.3 Å². The van der Waals surface area contributed by atoms with Gasteiger partial charge in [0.1, 0.15) is 0 Å². The van der Waals surface area contributed by atoms with E-state index in [0.717, 1.165) is 25.7 Å². The maximum absolute atomic E-state index is 12.9. The molecule has 2 unspecified atom stereocenters. The van der Waals surface area contributed by atoms with E-state index in [1.54, 1.807) is 18.2 Å². The molecule has 2 fully saturated rings. The van der Waals surface area contributed by atoms with Crippen molar-refractivity contribution in [2.75, 3.05) is 5.32 Å². The Bertz CT molecular complexity index is 678. The summed E-state index contributed by atoms with van der Waals surface area (Å²) >= 11 is 6.26. The van der Waals surface area contributed by atoms with Gasteiger partial charge in [-0.15, -0.1) is 0 Å². The molecule has 2 aliphatic carbocycles. The van der Waals surface area contributed by atoms with Crippen molar-refractivity contribution in [2.45, 2.75) is 58.0 Å². The van der Waals surface area contributed by atoms with Gasteiger partial charge in [-0.25, -0.2) is 0 Å². The number of rotatable bonds is 4. The van der Waals surface area contributed by atoms with E-state index in [-0.39, 0.29) is 29.8 Å². The van der Waals surface area contributed by atoms with Gasteiger partial charge in [-0.3, -0.25) is 9.59 Å². The molecule has 2 saturated carbocycles. The first-order chi connectivity index (χ1) is 12.3. The Kier molecular flexibility index (Phi) is 5.88. The summed E-state index contributed by atoms with van der Waals surface area (Å²) in [5.74, 6) is 0.504. The number of amides is 2. The highest BCUT2D eigenvalue weighted by Crippen LogP contribution is 2.40. The molecule has 26 heavy (non-hydrogen) atoms. The highest BCUT2D eigenvalue weighted by Gasteiger charge is 2.40. The summed E-state index contributed by atoms with van der Waals surface area (Å²) in [7, 11) is 0. The second-order valence-electron chi connectivity index (χ2n) is 8.02. The summed E-state index contributed by atoms with van der Waals surface area (Å²) < 4.78 is 0. The van der Waals surface area contributed by atoms with Gasteiger partial charge < -0.3 is 16.4 Å². The minimum atomic E-state index is -0.173. The average Bonchev–Trinajstić information content (AvgIpc) is 2.57. The summed E-state index contributed by atoms with van der Waals surface area (Å²) in [4.78, 5) is 24.8. The highest BCUT2D eigenvalue weighted by atomic mass is 35.5. The largest absolute Gasteiger partial charge is 0.349 e. The maximum atomic E-state index is 12.9. The molecule has 2 atom stereocenters. The molecule has 142 valence electrons. The molecule has 0 aliphatic heterocycles. The zero-order chi connectivity index (χ0) is 18.8. The van der Waals surface area contributed by atoms with Gasteiger partial charge in [0.25, 0.3) is 5.91 Å². The smallest absolute Gasteiger partial charge is 0.253 e. The van der Waals surface area contributed by atoms with E-state index in [1.807, 2.05) is 13.8 Å². The van der Waals surface area contributed by atoms with Crippen LogP contribution in [0.4, 0.5) is 5.69 Å². The fourth-order valence-electron chi connectivity index (χ4n) is 4.32. The van der Waals surface area contributed by atoms with E-state index in [9.17, 15) is 9.59 Å². The van der Waals surface area contributed by atoms with Gasteiger partial charge in [0.05, 0.1) is 10.6 Å². The molecule has 2 aliphatic rings. The van der Waals surface area contributed by atoms with E-state index < -0.39 is 0 Å². The first-order valence-corrected chi connectivity index (χ1v) is 9.89. The summed E-state index contributed by atoms with van der Waals surface area (Å²) in [6.45, 7) is 3.65. The molecule has 3 rings (SSSR count). The van der Waals surface area contributed by atoms with Crippen LogP contribution in [0.3, 0.4) is 0 Å². The molecule has 0 heterocycles. The van der Waals surface area contributed by atoms with Gasteiger partial charge in [-0.2, -0.15) is 0 Å². The standard InChI is InChI=1S/C20H28ClN3O2/c1-11(2)19(25)23-15-6-7-17(21)16(10-15)20(26)24-18-12-4-3-5-13(18)9-14(22)8-12/h6-7,10-14,18H,3-5,8-9,22H2,1-2H3,(H,23,25)(H,24,26). The van der Waals surface area contributed by atoms with E-state index in [2.05, 4.69) is 10.6 Å². The third-order valence-electron chi connectivity index (χ3n) is 5.68. The lowest BCUT2D eigenvalue weighted by atomic mass is 9.67. The van der Waals surface area contributed by atoms with Crippen LogP contribution in [0, 0.1) is 17.8 Å². The number of halogens is 1. The normalized spacial score (nSPS) is 27.9. The van der Waals surface area contributed by atoms with Crippen LogP contribution >= 0.6 is 11.6 Å². The van der Waals surface area contributed by atoms with Crippen molar-refractivity contribution in [3.8, 4) is 0 Å². The highest BCUT2D eigenvalue weighted by molar-refractivity contribution is 6.34. The minimum Gasteiger partial charge on any atom is -0.349 e. The van der Waals surface area contributed by atoms with Crippen LogP contribution in [0.15, 0.2) is 18.2 Å². The first kappa shape index (κ1) is 19.2. The Morgan fingerprint density at radius 1 is 1.19 bits per heavy atom. The van der Waals surface area contributed by atoms with E-state index in [0.29, 0.717) is 28.1 Å². The third-order valence-corrected chi connectivity index (χ3v) is 6.01. The molecule has 1 aromatic carbocycles. The quantitative estimate of drug-likeness (QED) is 0.749. The molecule has 0 saturated heterocycles. The van der Waals surface area contributed by atoms with Crippen LogP contribution in [0.25, 0.3) is 0 Å². The summed E-state index contributed by atoms with van der Waals surface area (Å²) in [5.41, 5.74) is 7.16. The molecular formula is C20H28ClN3O2. The summed E-state index contributed by atoms with van der Waals surface area (Å²) in [6, 6.07) is 5.44. The van der Waals surface area contributed by atoms with Gasteiger partial charge in [0, 0.05) is 23.7 Å². The number of hydrogen-bond donors (Lipinski definition) is 3. The zero-order valence-electron chi connectivity index (χ0n) is 15.4. The fraction of sp³-hybridized carbons (Fsp3) is 0.600. The summed E-state index contributed by atoms with van der Waals surface area (Å²) in [6.07, 6.45) is 5.39. The van der Waals surface area contributed by atoms with Crippen LogP contribution < -0.4 is 16.4 Å². The van der Waals surface area contributed by atoms with Crippen molar-refractivity contribution < 1.29 is 9.59 Å². The number of nitrogens with one attached hydrogen (secondary N) is 2. The lowest BCUT2D eigenvalue weighted by Crippen LogP contribution is -2.53. The number of carbonyl (C=O) groups is 2. The minimum absolute atomic E-state index is 0.0884. The fourth-order valence-corrected chi connectivity index (χ4v) is 4.52. The summed E-state index contributed by atoms with van der Waals surface area (Å²) in [5, 5.41) is 6.42. The second kappa shape index (κ2) is 7.97. The monoisotopic (exact) mass is 377 g/mol. The van der Waals surface area contributed by atoms with Gasteiger partial charge in [0.15, 0.2) is 0 Å². The topological polar surface area (TPSA) is 84.2 Å². The van der Waals surface area contributed by atoms with Crippen LogP contribution in [0.5, 0.6) is 0 Å². The van der Waals surface area contributed by atoms with Crippen molar-refractivity contribution in [3.63, 3.8) is 0 Å². The predicted molar refractivity (Wildman–Crippen MR) is 104 cm³/mol. The maximum Gasteiger partial charge on any atom is 0.253 e. The Morgan fingerprint density at radius 3 is 2.46 bits per heavy atom. The molecule has 4 N–H and O–H groups in total. The van der Waals surface area contributed by atoms with Crippen molar-refractivity contribution in [2.24, 2.45) is 23.5 Å². The van der Waals surface area contributed by atoms with Crippen molar-refractivity contribution in [1.82, 2.24) is 5.32 Å². The van der Waals surface area contributed by atoms with E-state index in [1.165, 1.54) is 6.42 Å². The molecule has 1 aromatic rings. The van der Waals surface area contributed by atoms with Crippen LogP contribution in [-0.4, -0.2) is 23.9 Å². The molecule has 0 spiro atoms. The lowest BCUT2D eigenvalue weighted by Gasteiger charge is -2.45. The number of fused-ring (bicyclic) bond motifs is 2. The lowest BCUT2D eigenvalue weighted by molar-refractivity contribution is -0.118. The van der Waals surface area contributed by atoms with Crippen molar-refractivity contribution in [1.29, 1.82) is 0 Å². The molecule has 0 radical (unpaired) electrons. The SMILES string of the molecule is CC(C)C(=O)Nc1ccc(Cl)c(C(=O)NC2C3CCCC2CC(N)C3)c1. The van der Waals surface area contributed by atoms with Gasteiger partial charge >= 0.3 is 0 Å². The van der Waals surface area contributed by atoms with Crippen molar-refractivity contribution >= 4 is 29.1 Å². The number of carbonyl (C=O) groups excluding carboxylic acids is 2. The molecule has 6 heteroatoms. The third kappa shape index (κ3) is 4.21. The van der Waals surface area contributed by atoms with E-state index in [4.69, 9.17) is 17.3 Å². The Morgan fingerprint density at radius 2 is 1.85 bits per heavy atom. The molecule has 0 aromatic heterocycles. The van der Waals surface area contributed by atoms with Crippen LogP contribution in [0.2, 0.25) is 5.02 Å². The Labute approximate surface area is 160 Å². The molecular weight excluding hydrogens is 350 g/mol. The first-order valence-electron chi connectivity index (χ1n) is 9.52. The van der Waals surface area contributed by atoms with Gasteiger partial charge in [-0.05, 0) is 55.7 Å². The number of nitrogens with two attached hydrogens (primary N) is 1. The number of benzene rings is 1. The number of anilines is 1. The van der Waals surface area contributed by atoms with Gasteiger partial charge in [-0.1, -0.05) is 31.9 Å².